The monoisotopic (exact) mass is 526 g/mol. The molecule has 1 aliphatic rings. The van der Waals surface area contributed by atoms with Gasteiger partial charge in [0.05, 0.1) is 30.7 Å². The van der Waals surface area contributed by atoms with Gasteiger partial charge >= 0.3 is 0 Å². The highest BCUT2D eigenvalue weighted by molar-refractivity contribution is 5.98. The Morgan fingerprint density at radius 3 is 2.66 bits per heavy atom. The topological polar surface area (TPSA) is 113 Å². The van der Waals surface area contributed by atoms with Crippen molar-refractivity contribution in [1.29, 1.82) is 0 Å². The van der Waals surface area contributed by atoms with E-state index in [0.717, 1.165) is 31.4 Å². The summed E-state index contributed by atoms with van der Waals surface area (Å²) in [5, 5.41) is 2.70. The van der Waals surface area contributed by atoms with Gasteiger partial charge in [0.15, 0.2) is 5.78 Å². The van der Waals surface area contributed by atoms with Gasteiger partial charge in [0, 0.05) is 49.8 Å². The second kappa shape index (κ2) is 11.7. The molecule has 2 N–H and O–H groups in total. The molecule has 1 aliphatic heterocycles. The van der Waals surface area contributed by atoms with Gasteiger partial charge in [-0.25, -0.2) is 18.7 Å². The lowest BCUT2D eigenvalue weighted by Gasteiger charge is -2.34. The number of halogens is 2. The third kappa shape index (κ3) is 6.32. The smallest absolute Gasteiger partial charge is 0.272 e. The SMILES string of the molecule is C[C@H](CC(=O)[C@H](CC(=O)N1CCCC[C@@H]1C)NC(=O)c1cn(C)cn1)c1ncc(-c2ccc(F)cc2F)[nH]1. The standard InChI is InChI=1S/C27H32F2N6O3/c1-16(26-30-13-22(32-26)19-8-7-18(28)11-20(19)29)10-24(36)21(33-27(38)23-14-34(3)15-31-23)12-25(37)35-9-5-4-6-17(35)2/h7-8,11,13-17,21H,4-6,9-10,12H2,1-3H3,(H,30,32)(H,33,38)/t16-,17+,21+/m1/s1. The third-order valence-corrected chi connectivity index (χ3v) is 6.92. The minimum Gasteiger partial charge on any atom is -0.342 e. The Hall–Kier alpha value is -3.89. The molecule has 3 atom stereocenters. The van der Waals surface area contributed by atoms with Gasteiger partial charge in [0.1, 0.15) is 23.2 Å². The zero-order valence-electron chi connectivity index (χ0n) is 21.7. The molecule has 2 amide bonds. The lowest BCUT2D eigenvalue weighted by atomic mass is 9.96. The number of aromatic nitrogens is 4. The number of imidazole rings is 2. The number of H-pyrrole nitrogens is 1. The number of nitrogens with zero attached hydrogens (tertiary/aromatic N) is 4. The van der Waals surface area contributed by atoms with E-state index in [1.54, 1.807) is 23.4 Å². The number of hydrogen-bond donors (Lipinski definition) is 2. The molecule has 0 radical (unpaired) electrons. The van der Waals surface area contributed by atoms with Crippen LogP contribution >= 0.6 is 0 Å². The molecule has 0 unspecified atom stereocenters. The number of ketones is 1. The van der Waals surface area contributed by atoms with Crippen LogP contribution in [0.15, 0.2) is 36.9 Å². The van der Waals surface area contributed by atoms with Crippen LogP contribution in [0.3, 0.4) is 0 Å². The van der Waals surface area contributed by atoms with E-state index < -0.39 is 29.5 Å². The summed E-state index contributed by atoms with van der Waals surface area (Å²) in [6, 6.07) is 2.29. The van der Waals surface area contributed by atoms with Crippen molar-refractivity contribution in [2.24, 2.45) is 7.05 Å². The van der Waals surface area contributed by atoms with Crippen LogP contribution in [-0.2, 0) is 16.6 Å². The number of benzene rings is 1. The fourth-order valence-electron chi connectivity index (χ4n) is 4.74. The van der Waals surface area contributed by atoms with E-state index >= 15 is 0 Å². The predicted octanol–water partition coefficient (Wildman–Crippen LogP) is 3.74. The molecule has 3 heterocycles. The first-order valence-corrected chi connectivity index (χ1v) is 12.7. The van der Waals surface area contributed by atoms with E-state index in [9.17, 15) is 23.2 Å². The number of carbonyl (C=O) groups is 3. The van der Waals surface area contributed by atoms with Gasteiger partial charge < -0.3 is 19.8 Å². The molecule has 0 saturated carbocycles. The van der Waals surface area contributed by atoms with Crippen LogP contribution in [-0.4, -0.2) is 60.6 Å². The summed E-state index contributed by atoms with van der Waals surface area (Å²) in [5.74, 6) is -2.45. The summed E-state index contributed by atoms with van der Waals surface area (Å²) >= 11 is 0. The summed E-state index contributed by atoms with van der Waals surface area (Å²) in [6.07, 6.45) is 7.12. The molecule has 3 aromatic rings. The van der Waals surface area contributed by atoms with Crippen LogP contribution in [0, 0.1) is 11.6 Å². The van der Waals surface area contributed by atoms with Gasteiger partial charge in [0.2, 0.25) is 5.91 Å². The molecule has 2 aromatic heterocycles. The summed E-state index contributed by atoms with van der Waals surface area (Å²) in [5.41, 5.74) is 0.658. The Bertz CT molecular complexity index is 1320. The summed E-state index contributed by atoms with van der Waals surface area (Å²) < 4.78 is 29.1. The maximum atomic E-state index is 14.2. The average molecular weight is 527 g/mol. The van der Waals surface area contributed by atoms with Crippen molar-refractivity contribution in [3.63, 3.8) is 0 Å². The lowest BCUT2D eigenvalue weighted by molar-refractivity contribution is -0.137. The highest BCUT2D eigenvalue weighted by Crippen LogP contribution is 2.26. The van der Waals surface area contributed by atoms with Crippen LogP contribution in [0.25, 0.3) is 11.3 Å². The van der Waals surface area contributed by atoms with Crippen molar-refractivity contribution in [2.75, 3.05) is 6.54 Å². The van der Waals surface area contributed by atoms with E-state index in [0.29, 0.717) is 18.1 Å². The summed E-state index contributed by atoms with van der Waals surface area (Å²) in [6.45, 7) is 4.38. The van der Waals surface area contributed by atoms with Gasteiger partial charge in [-0.2, -0.15) is 0 Å². The van der Waals surface area contributed by atoms with E-state index in [1.807, 2.05) is 6.92 Å². The molecule has 0 aliphatic carbocycles. The van der Waals surface area contributed by atoms with E-state index in [1.165, 1.54) is 24.8 Å². The molecular weight excluding hydrogens is 494 g/mol. The van der Waals surface area contributed by atoms with Crippen molar-refractivity contribution >= 4 is 17.6 Å². The number of aryl methyl sites for hydroxylation is 1. The van der Waals surface area contributed by atoms with Crippen LogP contribution in [0.2, 0.25) is 0 Å². The molecule has 11 heteroatoms. The first-order chi connectivity index (χ1) is 18.1. The number of likely N-dealkylation sites (tertiary alicyclic amines) is 1. The van der Waals surface area contributed by atoms with Crippen LogP contribution in [0.5, 0.6) is 0 Å². The quantitative estimate of drug-likeness (QED) is 0.441. The van der Waals surface area contributed by atoms with Gasteiger partial charge in [-0.15, -0.1) is 0 Å². The first kappa shape index (κ1) is 27.2. The zero-order chi connectivity index (χ0) is 27.4. The van der Waals surface area contributed by atoms with Gasteiger partial charge in [-0.1, -0.05) is 6.92 Å². The number of amides is 2. The molecule has 1 saturated heterocycles. The first-order valence-electron chi connectivity index (χ1n) is 12.7. The van der Waals surface area contributed by atoms with Gasteiger partial charge in [-0.05, 0) is 38.3 Å². The van der Waals surface area contributed by atoms with Gasteiger partial charge in [0.25, 0.3) is 5.91 Å². The Morgan fingerprint density at radius 1 is 1.18 bits per heavy atom. The zero-order valence-corrected chi connectivity index (χ0v) is 21.7. The summed E-state index contributed by atoms with van der Waals surface area (Å²) in [4.78, 5) is 52.5. The molecule has 0 bridgehead atoms. The Morgan fingerprint density at radius 2 is 1.97 bits per heavy atom. The number of nitrogens with one attached hydrogen (secondary N) is 2. The third-order valence-electron chi connectivity index (χ3n) is 6.92. The number of piperidine rings is 1. The molecule has 1 fully saturated rings. The molecule has 38 heavy (non-hydrogen) atoms. The predicted molar refractivity (Wildman–Crippen MR) is 136 cm³/mol. The van der Waals surface area contributed by atoms with Crippen LogP contribution in [0.4, 0.5) is 8.78 Å². The Labute approximate surface area is 219 Å². The lowest BCUT2D eigenvalue weighted by Crippen LogP contribution is -2.48. The number of rotatable bonds is 9. The Balaban J connectivity index is 1.49. The molecule has 1 aromatic carbocycles. The fourth-order valence-corrected chi connectivity index (χ4v) is 4.74. The number of carbonyl (C=O) groups excluding carboxylic acids is 3. The van der Waals surface area contributed by atoms with E-state index in [2.05, 4.69) is 20.3 Å². The maximum absolute atomic E-state index is 14.2. The summed E-state index contributed by atoms with van der Waals surface area (Å²) in [7, 11) is 1.73. The highest BCUT2D eigenvalue weighted by Gasteiger charge is 2.31. The Kier molecular flexibility index (Phi) is 8.33. The van der Waals surface area contributed by atoms with Crippen LogP contribution in [0.1, 0.15) is 68.2 Å². The second-order valence-corrected chi connectivity index (χ2v) is 9.96. The molecular formula is C27H32F2N6O3. The largest absolute Gasteiger partial charge is 0.342 e. The minimum atomic E-state index is -1.04. The normalized spacial score (nSPS) is 17.2. The van der Waals surface area contributed by atoms with Crippen molar-refractivity contribution in [1.82, 2.24) is 29.7 Å². The van der Waals surface area contributed by atoms with Crippen LogP contribution < -0.4 is 5.32 Å². The van der Waals surface area contributed by atoms with Crippen molar-refractivity contribution < 1.29 is 23.2 Å². The second-order valence-electron chi connectivity index (χ2n) is 9.96. The van der Waals surface area contributed by atoms with E-state index in [4.69, 9.17) is 0 Å². The average Bonchev–Trinajstić information content (AvgIpc) is 3.53. The number of aromatic amines is 1. The fraction of sp³-hybridized carbons (Fsp3) is 0.444. The van der Waals surface area contributed by atoms with E-state index in [-0.39, 0.29) is 41.8 Å². The molecule has 0 spiro atoms. The number of Topliss-reactive ketones (excluding diaryl/α,β-unsaturated/α-hetero) is 1. The maximum Gasteiger partial charge on any atom is 0.272 e. The van der Waals surface area contributed by atoms with Crippen molar-refractivity contribution in [2.45, 2.75) is 64.0 Å². The highest BCUT2D eigenvalue weighted by atomic mass is 19.1. The molecule has 9 nitrogen and oxygen atoms in total. The molecule has 4 rings (SSSR count). The van der Waals surface area contributed by atoms with Crippen molar-refractivity contribution in [3.8, 4) is 11.3 Å². The van der Waals surface area contributed by atoms with Crippen molar-refractivity contribution in [3.05, 3.63) is 60.1 Å². The molecule has 202 valence electrons. The number of hydrogen-bond acceptors (Lipinski definition) is 5. The minimum absolute atomic E-state index is 0.0190. The van der Waals surface area contributed by atoms with Gasteiger partial charge in [-0.3, -0.25) is 14.4 Å².